The van der Waals surface area contributed by atoms with Crippen LogP contribution in [-0.4, -0.2) is 49.3 Å². The predicted octanol–water partition coefficient (Wildman–Crippen LogP) is 5.71. The summed E-state index contributed by atoms with van der Waals surface area (Å²) in [4.78, 5) is 13.2. The molecule has 2 heterocycles. The van der Waals surface area contributed by atoms with Gasteiger partial charge in [-0.15, -0.1) is 0 Å². The lowest BCUT2D eigenvalue weighted by Crippen LogP contribution is -2.18. The van der Waals surface area contributed by atoms with Gasteiger partial charge in [-0.25, -0.2) is 4.39 Å². The third kappa shape index (κ3) is 6.49. The number of hydrogen-bond donors (Lipinski definition) is 2. The van der Waals surface area contributed by atoms with E-state index in [2.05, 4.69) is 32.2 Å². The molecule has 0 radical (unpaired) electrons. The van der Waals surface area contributed by atoms with E-state index in [1.54, 1.807) is 25.5 Å². The number of nitrogens with zero attached hydrogens (tertiary/aromatic N) is 4. The van der Waals surface area contributed by atoms with E-state index in [1.807, 2.05) is 43.5 Å². The number of halogens is 2. The zero-order valence-corrected chi connectivity index (χ0v) is 19.3. The highest BCUT2D eigenvalue weighted by Gasteiger charge is 2.15. The second kappa shape index (κ2) is 11.9. The molecule has 33 heavy (non-hydrogen) atoms. The van der Waals surface area contributed by atoms with Crippen LogP contribution in [0.4, 0.5) is 15.9 Å². The Hall–Kier alpha value is -3.52. The molecule has 1 aromatic carbocycles. The number of ether oxygens (including phenoxy) is 1. The average molecular weight is 469 g/mol. The highest BCUT2D eigenvalue weighted by Crippen LogP contribution is 2.27. The fraction of sp³-hybridized carbons (Fsp3) is 0.250. The Balaban J connectivity index is 1.94. The molecule has 0 spiro atoms. The number of hydrogen-bond acceptors (Lipinski definition) is 5. The summed E-state index contributed by atoms with van der Waals surface area (Å²) in [7, 11) is 1.60. The van der Waals surface area contributed by atoms with E-state index in [4.69, 9.17) is 21.3 Å². The molecule has 7 nitrogen and oxygen atoms in total. The number of rotatable bonds is 9. The quantitative estimate of drug-likeness (QED) is 0.281. The van der Waals surface area contributed by atoms with Crippen LogP contribution in [0.5, 0.6) is 5.75 Å². The molecule has 0 saturated carbocycles. The molecule has 0 bridgehead atoms. The number of aromatic amines is 1. The van der Waals surface area contributed by atoms with Crippen molar-refractivity contribution in [1.82, 2.24) is 10.2 Å². The first kappa shape index (κ1) is 24.1. The van der Waals surface area contributed by atoms with Crippen LogP contribution >= 0.6 is 11.6 Å². The Morgan fingerprint density at radius 2 is 2.27 bits per heavy atom. The predicted molar refractivity (Wildman–Crippen MR) is 135 cm³/mol. The molecule has 2 aromatic rings. The average Bonchev–Trinajstić information content (AvgIpc) is 3.33. The summed E-state index contributed by atoms with van der Waals surface area (Å²) in [5, 5.41) is 10.7. The first-order valence-corrected chi connectivity index (χ1v) is 10.7. The molecule has 1 aromatic heterocycles. The van der Waals surface area contributed by atoms with E-state index in [9.17, 15) is 4.39 Å². The number of aromatic nitrogens is 2. The molecule has 3 rings (SSSR count). The minimum Gasteiger partial charge on any atom is -0.497 e. The number of H-pyrrole nitrogens is 1. The number of allylic oxidation sites excluding steroid dienone is 5. The maximum Gasteiger partial charge on any atom is 0.153 e. The normalized spacial score (nSPS) is 16.7. The lowest BCUT2D eigenvalue weighted by Gasteiger charge is -2.14. The van der Waals surface area contributed by atoms with Crippen molar-refractivity contribution >= 4 is 47.4 Å². The van der Waals surface area contributed by atoms with E-state index >= 15 is 0 Å². The van der Waals surface area contributed by atoms with Crippen LogP contribution in [0.25, 0.3) is 5.57 Å². The number of alkyl halides is 1. The van der Waals surface area contributed by atoms with Crippen molar-refractivity contribution in [2.24, 2.45) is 20.9 Å². The van der Waals surface area contributed by atoms with Crippen LogP contribution in [0, 0.1) is 5.92 Å². The molecule has 1 aliphatic rings. The van der Waals surface area contributed by atoms with E-state index in [0.717, 1.165) is 17.6 Å². The van der Waals surface area contributed by atoms with Crippen LogP contribution in [0.2, 0.25) is 0 Å². The Labute approximate surface area is 197 Å². The minimum atomic E-state index is -0.734. The standard InChI is InChI=1S/C24H26ClFN6O/c1-4-17(10-18(25)13-26)22-12-23(32-31-22)30-24(29-15-16-6-5-9-28-14-16)20-11-19(33-3)7-8-21(20)27-2/h4-5,7-12,14,16H,2,6,13,15H2,1,3H3,(H2,29,30,31,32)/b17-4+,18-10+. The van der Waals surface area contributed by atoms with E-state index in [-0.39, 0.29) is 11.0 Å². The van der Waals surface area contributed by atoms with Crippen molar-refractivity contribution in [3.63, 3.8) is 0 Å². The lowest BCUT2D eigenvalue weighted by molar-refractivity contribution is 0.415. The summed E-state index contributed by atoms with van der Waals surface area (Å²) in [5.41, 5.74) is 2.78. The van der Waals surface area contributed by atoms with Crippen LogP contribution < -0.4 is 10.1 Å². The van der Waals surface area contributed by atoms with E-state index < -0.39 is 6.67 Å². The maximum atomic E-state index is 12.8. The second-order valence-electron chi connectivity index (χ2n) is 7.17. The number of anilines is 1. The number of nitrogens with one attached hydrogen (secondary N) is 2. The summed E-state index contributed by atoms with van der Waals surface area (Å²) in [5.74, 6) is 1.95. The van der Waals surface area contributed by atoms with Crippen molar-refractivity contribution in [2.75, 3.05) is 25.6 Å². The zero-order chi connectivity index (χ0) is 23.6. The Kier molecular flexibility index (Phi) is 8.71. The van der Waals surface area contributed by atoms with Crippen LogP contribution in [-0.2, 0) is 0 Å². The van der Waals surface area contributed by atoms with Gasteiger partial charge in [0, 0.05) is 41.5 Å². The Morgan fingerprint density at radius 1 is 1.42 bits per heavy atom. The monoisotopic (exact) mass is 468 g/mol. The Bertz CT molecular complexity index is 1130. The minimum absolute atomic E-state index is 0.107. The molecule has 0 amide bonds. The largest absolute Gasteiger partial charge is 0.497 e. The SMILES string of the molecule is C=Nc1ccc(OC)cc1C(=NCC1C=NC=CC1)Nc1cc(C(/C=C(/Cl)CF)=C/C)[nH]n1. The molecular weight excluding hydrogens is 443 g/mol. The van der Waals surface area contributed by atoms with Crippen molar-refractivity contribution in [1.29, 1.82) is 0 Å². The van der Waals surface area contributed by atoms with Gasteiger partial charge in [0.15, 0.2) is 5.82 Å². The fourth-order valence-electron chi connectivity index (χ4n) is 3.20. The van der Waals surface area contributed by atoms with Gasteiger partial charge in [0.05, 0.1) is 18.5 Å². The van der Waals surface area contributed by atoms with Gasteiger partial charge in [0.25, 0.3) is 0 Å². The molecular formula is C24H26ClFN6O. The van der Waals surface area contributed by atoms with Crippen LogP contribution in [0.3, 0.4) is 0 Å². The van der Waals surface area contributed by atoms with Gasteiger partial charge >= 0.3 is 0 Å². The number of aliphatic imine (C=N–C) groups is 3. The number of amidine groups is 1. The first-order valence-electron chi connectivity index (χ1n) is 10.4. The van der Waals surface area contributed by atoms with Gasteiger partial charge in [-0.2, -0.15) is 5.10 Å². The highest BCUT2D eigenvalue weighted by atomic mass is 35.5. The van der Waals surface area contributed by atoms with Gasteiger partial charge in [0.2, 0.25) is 0 Å². The van der Waals surface area contributed by atoms with Gasteiger partial charge in [0.1, 0.15) is 18.3 Å². The number of methoxy groups -OCH3 is 1. The molecule has 0 fully saturated rings. The third-order valence-electron chi connectivity index (χ3n) is 4.93. The summed E-state index contributed by atoms with van der Waals surface area (Å²) in [6, 6.07) is 7.28. The topological polar surface area (TPSA) is 87.0 Å². The molecule has 172 valence electrons. The molecule has 2 N–H and O–H groups in total. The molecule has 9 heteroatoms. The molecule has 0 saturated heterocycles. The van der Waals surface area contributed by atoms with Gasteiger partial charge in [-0.1, -0.05) is 23.8 Å². The smallest absolute Gasteiger partial charge is 0.153 e. The summed E-state index contributed by atoms with van der Waals surface area (Å²) >= 11 is 5.87. The Morgan fingerprint density at radius 3 is 2.94 bits per heavy atom. The summed E-state index contributed by atoms with van der Waals surface area (Å²) < 4.78 is 18.2. The van der Waals surface area contributed by atoms with E-state index in [1.165, 1.54) is 0 Å². The maximum absolute atomic E-state index is 12.8. The van der Waals surface area contributed by atoms with Crippen LogP contribution in [0.1, 0.15) is 24.6 Å². The van der Waals surface area contributed by atoms with Crippen molar-refractivity contribution in [3.8, 4) is 5.75 Å². The van der Waals surface area contributed by atoms with Crippen molar-refractivity contribution in [3.05, 3.63) is 65.0 Å². The third-order valence-corrected chi connectivity index (χ3v) is 5.14. The molecule has 0 aliphatic carbocycles. The first-order chi connectivity index (χ1) is 16.1. The zero-order valence-electron chi connectivity index (χ0n) is 18.6. The molecule has 1 unspecified atom stereocenters. The molecule has 1 aliphatic heterocycles. The van der Waals surface area contributed by atoms with Crippen molar-refractivity contribution < 1.29 is 9.13 Å². The summed E-state index contributed by atoms with van der Waals surface area (Å²) in [6.07, 6.45) is 9.95. The van der Waals surface area contributed by atoms with Crippen LogP contribution in [0.15, 0.2) is 68.7 Å². The van der Waals surface area contributed by atoms with Gasteiger partial charge in [-0.3, -0.25) is 20.1 Å². The van der Waals surface area contributed by atoms with Gasteiger partial charge < -0.3 is 10.1 Å². The van der Waals surface area contributed by atoms with Crippen molar-refractivity contribution in [2.45, 2.75) is 13.3 Å². The van der Waals surface area contributed by atoms with Gasteiger partial charge in [-0.05, 0) is 49.9 Å². The molecule has 1 atom stereocenters. The number of benzene rings is 1. The lowest BCUT2D eigenvalue weighted by atomic mass is 10.1. The highest BCUT2D eigenvalue weighted by molar-refractivity contribution is 6.30. The van der Waals surface area contributed by atoms with E-state index in [0.29, 0.717) is 35.3 Å². The fourth-order valence-corrected chi connectivity index (χ4v) is 3.32. The summed E-state index contributed by atoms with van der Waals surface area (Å²) in [6.45, 7) is 5.31. The second-order valence-corrected chi connectivity index (χ2v) is 7.66.